The third kappa shape index (κ3) is 6.86. The molecule has 2 heterocycles. The van der Waals surface area contributed by atoms with Gasteiger partial charge in [-0.05, 0) is 72.5 Å². The van der Waals surface area contributed by atoms with Gasteiger partial charge in [0.25, 0.3) is 0 Å². The molecule has 1 aliphatic heterocycles. The van der Waals surface area contributed by atoms with Crippen LogP contribution in [0.5, 0.6) is 11.5 Å². The Morgan fingerprint density at radius 1 is 1.07 bits per heavy atom. The maximum Gasteiger partial charge on any atom is 0.573 e. The lowest BCUT2D eigenvalue weighted by atomic mass is 10.00. The Labute approximate surface area is 254 Å². The number of carbonyl (C=O) groups is 2. The van der Waals surface area contributed by atoms with E-state index in [-0.39, 0.29) is 28.5 Å². The SMILES string of the molecule is COc1ccc(C(C)C)c(N2C(=O)CS/C2=N\C(=O)Nc2ccc(-c3ncn(-c4ccc(OC(F)(F)F)cc4)n3)cc2C)c1. The van der Waals surface area contributed by atoms with E-state index in [2.05, 4.69) is 25.1 Å². The van der Waals surface area contributed by atoms with Crippen molar-refractivity contribution in [1.29, 1.82) is 0 Å². The van der Waals surface area contributed by atoms with Crippen LogP contribution in [0.15, 0.2) is 72.0 Å². The topological polar surface area (TPSA) is 111 Å². The molecule has 5 rings (SSSR count). The van der Waals surface area contributed by atoms with Gasteiger partial charge in [0.1, 0.15) is 17.8 Å². The summed E-state index contributed by atoms with van der Waals surface area (Å²) in [7, 11) is 1.55. The lowest BCUT2D eigenvalue weighted by Gasteiger charge is -2.22. The fourth-order valence-corrected chi connectivity index (χ4v) is 5.37. The Hall–Kier alpha value is -4.85. The molecular weight excluding hydrogens is 597 g/mol. The van der Waals surface area contributed by atoms with E-state index in [0.717, 1.165) is 5.56 Å². The maximum atomic E-state index is 13.0. The van der Waals surface area contributed by atoms with Gasteiger partial charge in [0, 0.05) is 17.3 Å². The lowest BCUT2D eigenvalue weighted by Crippen LogP contribution is -2.31. The summed E-state index contributed by atoms with van der Waals surface area (Å²) in [5, 5.41) is 7.46. The second kappa shape index (κ2) is 12.4. The summed E-state index contributed by atoms with van der Waals surface area (Å²) in [5.74, 6) is 0.699. The van der Waals surface area contributed by atoms with Crippen molar-refractivity contribution in [3.05, 3.63) is 78.1 Å². The van der Waals surface area contributed by atoms with Crippen LogP contribution in [-0.2, 0) is 4.79 Å². The van der Waals surface area contributed by atoms with E-state index in [0.29, 0.717) is 39.8 Å². The number of nitrogens with one attached hydrogen (secondary N) is 1. The van der Waals surface area contributed by atoms with Crippen LogP contribution in [0.1, 0.15) is 30.9 Å². The highest BCUT2D eigenvalue weighted by molar-refractivity contribution is 8.15. The molecule has 1 aromatic heterocycles. The zero-order valence-corrected chi connectivity index (χ0v) is 24.9. The Balaban J connectivity index is 1.31. The molecule has 0 spiro atoms. The van der Waals surface area contributed by atoms with Crippen molar-refractivity contribution in [1.82, 2.24) is 14.8 Å². The Bertz CT molecular complexity index is 1740. The Morgan fingerprint density at radius 3 is 2.45 bits per heavy atom. The number of nitrogens with zero attached hydrogens (tertiary/aromatic N) is 5. The predicted octanol–water partition coefficient (Wildman–Crippen LogP) is 6.94. The Morgan fingerprint density at radius 2 is 1.80 bits per heavy atom. The second-order valence-corrected chi connectivity index (χ2v) is 10.9. The fourth-order valence-electron chi connectivity index (χ4n) is 4.51. The number of carbonyl (C=O) groups excluding carboxylic acids is 2. The van der Waals surface area contributed by atoms with Gasteiger partial charge in [-0.25, -0.2) is 14.5 Å². The molecule has 1 saturated heterocycles. The molecule has 4 aromatic rings. The minimum Gasteiger partial charge on any atom is -0.497 e. The molecule has 0 aliphatic carbocycles. The zero-order valence-electron chi connectivity index (χ0n) is 24.0. The number of aryl methyl sites for hydroxylation is 1. The summed E-state index contributed by atoms with van der Waals surface area (Å²) in [4.78, 5) is 35.8. The summed E-state index contributed by atoms with van der Waals surface area (Å²) in [6.45, 7) is 5.83. The maximum absolute atomic E-state index is 13.0. The van der Waals surface area contributed by atoms with E-state index in [4.69, 9.17) is 4.74 Å². The molecule has 1 fully saturated rings. The Kier molecular flexibility index (Phi) is 8.63. The number of hydrogen-bond donors (Lipinski definition) is 1. The molecule has 14 heteroatoms. The average molecular weight is 625 g/mol. The van der Waals surface area contributed by atoms with Crippen LogP contribution in [0.2, 0.25) is 0 Å². The van der Waals surface area contributed by atoms with Crippen LogP contribution >= 0.6 is 11.8 Å². The van der Waals surface area contributed by atoms with Crippen LogP contribution in [0.25, 0.3) is 17.1 Å². The summed E-state index contributed by atoms with van der Waals surface area (Å²) in [6, 6.07) is 15.3. The monoisotopic (exact) mass is 624 g/mol. The van der Waals surface area contributed by atoms with Gasteiger partial charge in [0.15, 0.2) is 11.0 Å². The van der Waals surface area contributed by atoms with E-state index in [1.54, 1.807) is 38.3 Å². The quantitative estimate of drug-likeness (QED) is 0.237. The van der Waals surface area contributed by atoms with E-state index < -0.39 is 12.4 Å². The highest BCUT2D eigenvalue weighted by Crippen LogP contribution is 2.36. The van der Waals surface area contributed by atoms with Gasteiger partial charge in [0.05, 0.1) is 24.2 Å². The van der Waals surface area contributed by atoms with Crippen molar-refractivity contribution in [2.75, 3.05) is 23.1 Å². The van der Waals surface area contributed by atoms with Crippen LogP contribution in [0.3, 0.4) is 0 Å². The van der Waals surface area contributed by atoms with Crippen molar-refractivity contribution in [3.63, 3.8) is 0 Å². The summed E-state index contributed by atoms with van der Waals surface area (Å²) in [5.41, 5.74) is 3.91. The molecular formula is C30H27F3N6O4S. The standard InChI is InChI=1S/C30H27F3N6O4S/c1-17(2)23-11-10-22(42-4)14-25(23)39-26(40)15-44-29(39)36-28(41)35-24-12-5-19(13-18(24)3)27-34-16-38(37-27)20-6-8-21(9-7-20)43-30(31,32)33/h5-14,16-17H,15H2,1-4H3,(H,35,41)/b36-29-. The van der Waals surface area contributed by atoms with Crippen molar-refractivity contribution >= 4 is 40.2 Å². The number of thioether (sulfide) groups is 1. The van der Waals surface area contributed by atoms with Crippen molar-refractivity contribution in [3.8, 4) is 28.6 Å². The first-order chi connectivity index (χ1) is 20.9. The molecule has 44 heavy (non-hydrogen) atoms. The van der Waals surface area contributed by atoms with Crippen molar-refractivity contribution < 1.29 is 32.2 Å². The summed E-state index contributed by atoms with van der Waals surface area (Å²) >= 11 is 1.18. The normalized spacial score (nSPS) is 14.4. The molecule has 0 atom stereocenters. The number of halogens is 3. The van der Waals surface area contributed by atoms with E-state index in [1.807, 2.05) is 26.0 Å². The lowest BCUT2D eigenvalue weighted by molar-refractivity contribution is -0.274. The molecule has 0 saturated carbocycles. The fraction of sp³-hybridized carbons (Fsp3) is 0.233. The van der Waals surface area contributed by atoms with Crippen molar-refractivity contribution in [2.24, 2.45) is 4.99 Å². The molecule has 0 radical (unpaired) electrons. The number of benzene rings is 3. The van der Waals surface area contributed by atoms with E-state index >= 15 is 0 Å². The van der Waals surface area contributed by atoms with Crippen LogP contribution in [0, 0.1) is 6.92 Å². The first kappa shape index (κ1) is 30.6. The van der Waals surface area contributed by atoms with E-state index in [9.17, 15) is 22.8 Å². The first-order valence-corrected chi connectivity index (χ1v) is 14.3. The molecule has 1 aliphatic rings. The highest BCUT2D eigenvalue weighted by atomic mass is 32.2. The molecule has 0 bridgehead atoms. The summed E-state index contributed by atoms with van der Waals surface area (Å²) in [6.07, 6.45) is -3.34. The second-order valence-electron chi connectivity index (χ2n) is 10.0. The third-order valence-electron chi connectivity index (χ3n) is 6.62. The van der Waals surface area contributed by atoms with Gasteiger partial charge in [-0.2, -0.15) is 4.99 Å². The van der Waals surface area contributed by atoms with Gasteiger partial charge in [-0.15, -0.1) is 18.3 Å². The molecule has 228 valence electrons. The number of methoxy groups -OCH3 is 1. The van der Waals surface area contributed by atoms with Gasteiger partial charge < -0.3 is 14.8 Å². The smallest absolute Gasteiger partial charge is 0.497 e. The van der Waals surface area contributed by atoms with E-state index in [1.165, 1.54) is 51.9 Å². The minimum atomic E-state index is -4.78. The van der Waals surface area contributed by atoms with Gasteiger partial charge in [-0.3, -0.25) is 9.69 Å². The molecule has 3 amide bonds. The number of hydrogen-bond acceptors (Lipinski definition) is 7. The minimum absolute atomic E-state index is 0.116. The summed E-state index contributed by atoms with van der Waals surface area (Å²) < 4.78 is 48.0. The number of amidine groups is 1. The number of rotatable bonds is 7. The predicted molar refractivity (Wildman–Crippen MR) is 162 cm³/mol. The average Bonchev–Trinajstić information content (AvgIpc) is 3.60. The van der Waals surface area contributed by atoms with Crippen LogP contribution in [0.4, 0.5) is 29.3 Å². The highest BCUT2D eigenvalue weighted by Gasteiger charge is 2.33. The van der Waals surface area contributed by atoms with Gasteiger partial charge in [0.2, 0.25) is 5.91 Å². The number of urea groups is 1. The number of aliphatic imine (C=N–C) groups is 1. The largest absolute Gasteiger partial charge is 0.573 e. The number of amides is 3. The number of alkyl halides is 3. The molecule has 1 N–H and O–H groups in total. The van der Waals surface area contributed by atoms with Crippen LogP contribution in [-0.4, -0.2) is 51.1 Å². The number of anilines is 2. The number of ether oxygens (including phenoxy) is 2. The van der Waals surface area contributed by atoms with Gasteiger partial charge in [-0.1, -0.05) is 31.7 Å². The first-order valence-electron chi connectivity index (χ1n) is 13.3. The number of aromatic nitrogens is 3. The zero-order chi connectivity index (χ0) is 31.6. The third-order valence-corrected chi connectivity index (χ3v) is 7.54. The molecule has 0 unspecified atom stereocenters. The molecule has 10 nitrogen and oxygen atoms in total. The van der Waals surface area contributed by atoms with Crippen LogP contribution < -0.4 is 19.7 Å². The van der Waals surface area contributed by atoms with Crippen molar-refractivity contribution in [2.45, 2.75) is 33.1 Å². The molecule has 3 aromatic carbocycles. The van der Waals surface area contributed by atoms with Gasteiger partial charge >= 0.3 is 12.4 Å².